The van der Waals surface area contributed by atoms with Crippen molar-refractivity contribution in [3.63, 3.8) is 0 Å². The van der Waals surface area contributed by atoms with Crippen LogP contribution >= 0.6 is 11.8 Å². The zero-order valence-corrected chi connectivity index (χ0v) is 14.9. The number of nitrogens with zero attached hydrogens (tertiary/aromatic N) is 3. The molecule has 1 aromatic heterocycles. The zero-order chi connectivity index (χ0) is 17.6. The molecule has 0 bridgehead atoms. The molecule has 6 nitrogen and oxygen atoms in total. The van der Waals surface area contributed by atoms with Crippen LogP contribution in [0.15, 0.2) is 40.3 Å². The van der Waals surface area contributed by atoms with Crippen LogP contribution in [0.25, 0.3) is 0 Å². The van der Waals surface area contributed by atoms with E-state index in [0.717, 1.165) is 24.3 Å². The summed E-state index contributed by atoms with van der Waals surface area (Å²) in [5.41, 5.74) is 0.244. The Balaban J connectivity index is 2.03. The molecule has 25 heavy (non-hydrogen) atoms. The Kier molecular flexibility index (Phi) is 5.88. The summed E-state index contributed by atoms with van der Waals surface area (Å²) in [6.07, 6.45) is 2.57. The van der Waals surface area contributed by atoms with Gasteiger partial charge >= 0.3 is 0 Å². The zero-order valence-electron chi connectivity index (χ0n) is 14.1. The normalized spacial score (nSPS) is 16.9. The lowest BCUT2D eigenvalue weighted by Crippen LogP contribution is -2.33. The van der Waals surface area contributed by atoms with Crippen molar-refractivity contribution in [3.8, 4) is 5.75 Å². The number of aldehydes is 1. The van der Waals surface area contributed by atoms with E-state index < -0.39 is 0 Å². The molecule has 1 N–H and O–H groups in total. The molecule has 0 radical (unpaired) electrons. The van der Waals surface area contributed by atoms with Gasteiger partial charge in [-0.1, -0.05) is 30.0 Å². The Morgan fingerprint density at radius 3 is 2.84 bits per heavy atom. The number of hydrogen-bond acceptors (Lipinski definition) is 7. The van der Waals surface area contributed by atoms with Gasteiger partial charge in [0.05, 0.1) is 19.3 Å². The Morgan fingerprint density at radius 1 is 1.36 bits per heavy atom. The highest BCUT2D eigenvalue weighted by Gasteiger charge is 2.28. The SMILES string of the molecule is CCOc1c(C=O)nc(N2CCCC2CO)nc1Sc1ccccc1. The van der Waals surface area contributed by atoms with E-state index in [1.54, 1.807) is 0 Å². The van der Waals surface area contributed by atoms with Crippen molar-refractivity contribution in [1.29, 1.82) is 0 Å². The van der Waals surface area contributed by atoms with Gasteiger partial charge in [0, 0.05) is 11.4 Å². The van der Waals surface area contributed by atoms with Gasteiger partial charge in [0.15, 0.2) is 17.7 Å². The maximum absolute atomic E-state index is 11.6. The summed E-state index contributed by atoms with van der Waals surface area (Å²) in [5, 5.41) is 10.2. The molecule has 0 saturated carbocycles. The first-order valence-electron chi connectivity index (χ1n) is 8.37. The highest BCUT2D eigenvalue weighted by Crippen LogP contribution is 2.37. The molecule has 1 aliphatic heterocycles. The first-order valence-corrected chi connectivity index (χ1v) is 9.18. The molecule has 1 unspecified atom stereocenters. The number of hydrogen-bond donors (Lipinski definition) is 1. The van der Waals surface area contributed by atoms with Gasteiger partial charge in [-0.3, -0.25) is 4.79 Å². The van der Waals surface area contributed by atoms with E-state index >= 15 is 0 Å². The van der Waals surface area contributed by atoms with Gasteiger partial charge < -0.3 is 14.7 Å². The van der Waals surface area contributed by atoms with Crippen molar-refractivity contribution >= 4 is 24.0 Å². The number of benzene rings is 1. The van der Waals surface area contributed by atoms with Crippen molar-refractivity contribution in [2.45, 2.75) is 35.7 Å². The fraction of sp³-hybridized carbons (Fsp3) is 0.389. The maximum atomic E-state index is 11.6. The number of aliphatic hydroxyl groups is 1. The summed E-state index contributed by atoms with van der Waals surface area (Å²) in [5.74, 6) is 0.885. The lowest BCUT2D eigenvalue weighted by molar-refractivity contribution is 0.111. The van der Waals surface area contributed by atoms with Crippen molar-refractivity contribution < 1.29 is 14.6 Å². The van der Waals surface area contributed by atoms with Gasteiger partial charge in [0.1, 0.15) is 5.03 Å². The number of rotatable bonds is 7. The molecule has 0 spiro atoms. The summed E-state index contributed by atoms with van der Waals surface area (Å²) in [7, 11) is 0. The smallest absolute Gasteiger partial charge is 0.227 e. The molecule has 132 valence electrons. The maximum Gasteiger partial charge on any atom is 0.227 e. The quantitative estimate of drug-likeness (QED) is 0.602. The number of ether oxygens (including phenoxy) is 1. The summed E-state index contributed by atoms with van der Waals surface area (Å²) in [6, 6.07) is 9.81. The predicted molar refractivity (Wildman–Crippen MR) is 96.6 cm³/mol. The van der Waals surface area contributed by atoms with Gasteiger partial charge in [0.2, 0.25) is 5.95 Å². The third-order valence-electron chi connectivity index (χ3n) is 4.05. The fourth-order valence-corrected chi connectivity index (χ4v) is 3.78. The van der Waals surface area contributed by atoms with Gasteiger partial charge in [-0.2, -0.15) is 0 Å². The Bertz CT molecular complexity index is 727. The van der Waals surface area contributed by atoms with Crippen molar-refractivity contribution in [1.82, 2.24) is 9.97 Å². The third kappa shape index (κ3) is 3.93. The van der Waals surface area contributed by atoms with E-state index in [1.165, 1.54) is 11.8 Å². The molecule has 1 saturated heterocycles. The molecule has 1 aromatic carbocycles. The first-order chi connectivity index (χ1) is 12.3. The van der Waals surface area contributed by atoms with E-state index in [-0.39, 0.29) is 18.3 Å². The van der Waals surface area contributed by atoms with Crippen molar-refractivity contribution in [3.05, 3.63) is 36.0 Å². The minimum absolute atomic E-state index is 0.00739. The van der Waals surface area contributed by atoms with Crippen LogP contribution in [-0.2, 0) is 0 Å². The number of carbonyl (C=O) groups is 1. The summed E-state index contributed by atoms with van der Waals surface area (Å²) >= 11 is 1.44. The standard InChI is InChI=1S/C18H21N3O3S/c1-2-24-16-15(12-23)19-18(21-10-6-7-13(21)11-22)20-17(16)25-14-8-4-3-5-9-14/h3-5,8-9,12-13,22H,2,6-7,10-11H2,1H3. The van der Waals surface area contributed by atoms with Crippen LogP contribution in [0.2, 0.25) is 0 Å². The highest BCUT2D eigenvalue weighted by molar-refractivity contribution is 7.99. The number of aromatic nitrogens is 2. The van der Waals surface area contributed by atoms with E-state index in [2.05, 4.69) is 9.97 Å². The molecular weight excluding hydrogens is 338 g/mol. The number of carbonyl (C=O) groups excluding carboxylic acids is 1. The Labute approximate surface area is 151 Å². The van der Waals surface area contributed by atoms with Crippen LogP contribution in [0.4, 0.5) is 5.95 Å². The lowest BCUT2D eigenvalue weighted by Gasteiger charge is -2.24. The third-order valence-corrected chi connectivity index (χ3v) is 5.03. The summed E-state index contributed by atoms with van der Waals surface area (Å²) in [4.78, 5) is 23.6. The highest BCUT2D eigenvalue weighted by atomic mass is 32.2. The predicted octanol–water partition coefficient (Wildman–Crippen LogP) is 2.80. The first kappa shape index (κ1) is 17.7. The molecule has 2 aromatic rings. The topological polar surface area (TPSA) is 75.5 Å². The molecule has 1 atom stereocenters. The van der Waals surface area contributed by atoms with Gasteiger partial charge in [-0.25, -0.2) is 9.97 Å². The summed E-state index contributed by atoms with van der Waals surface area (Å²) in [6.45, 7) is 3.11. The van der Waals surface area contributed by atoms with Crippen molar-refractivity contribution in [2.24, 2.45) is 0 Å². The summed E-state index contributed by atoms with van der Waals surface area (Å²) < 4.78 is 5.66. The van der Waals surface area contributed by atoms with Gasteiger partial charge in [-0.05, 0) is 31.9 Å². The molecule has 0 aliphatic carbocycles. The molecule has 3 rings (SSSR count). The molecule has 2 heterocycles. The van der Waals surface area contributed by atoms with Crippen LogP contribution in [-0.4, -0.2) is 47.2 Å². The van der Waals surface area contributed by atoms with Crippen LogP contribution in [0, 0.1) is 0 Å². The molecule has 0 amide bonds. The van der Waals surface area contributed by atoms with E-state index in [0.29, 0.717) is 29.6 Å². The Morgan fingerprint density at radius 2 is 2.16 bits per heavy atom. The second-order valence-corrected chi connectivity index (χ2v) is 6.74. The largest absolute Gasteiger partial charge is 0.489 e. The number of aliphatic hydroxyl groups excluding tert-OH is 1. The number of anilines is 1. The average molecular weight is 359 g/mol. The Hall–Kier alpha value is -2.12. The second kappa shape index (κ2) is 8.31. The molecule has 1 fully saturated rings. The van der Waals surface area contributed by atoms with Crippen LogP contribution in [0.5, 0.6) is 5.75 Å². The molecular formula is C18H21N3O3S. The second-order valence-electron chi connectivity index (χ2n) is 5.68. The van der Waals surface area contributed by atoms with Crippen LogP contribution in [0.1, 0.15) is 30.3 Å². The van der Waals surface area contributed by atoms with E-state index in [4.69, 9.17) is 4.74 Å². The van der Waals surface area contributed by atoms with Gasteiger partial charge in [0.25, 0.3) is 0 Å². The molecule has 1 aliphatic rings. The van der Waals surface area contributed by atoms with E-state index in [1.807, 2.05) is 42.2 Å². The minimum Gasteiger partial charge on any atom is -0.489 e. The van der Waals surface area contributed by atoms with Crippen LogP contribution < -0.4 is 9.64 Å². The van der Waals surface area contributed by atoms with Crippen molar-refractivity contribution in [2.75, 3.05) is 24.7 Å². The average Bonchev–Trinajstić information content (AvgIpc) is 3.12. The molecule has 7 heteroatoms. The fourth-order valence-electron chi connectivity index (χ4n) is 2.88. The van der Waals surface area contributed by atoms with E-state index in [9.17, 15) is 9.90 Å². The lowest BCUT2D eigenvalue weighted by atomic mass is 10.2. The van der Waals surface area contributed by atoms with Gasteiger partial charge in [-0.15, -0.1) is 0 Å². The van der Waals surface area contributed by atoms with Crippen LogP contribution in [0.3, 0.4) is 0 Å². The minimum atomic E-state index is -0.00739. The monoisotopic (exact) mass is 359 g/mol.